The minimum Gasteiger partial charge on any atom is -0.274 e. The van der Waals surface area contributed by atoms with E-state index in [4.69, 9.17) is 0 Å². The molecule has 0 saturated heterocycles. The highest BCUT2D eigenvalue weighted by atomic mass is 32.2. The van der Waals surface area contributed by atoms with Crippen molar-refractivity contribution in [2.45, 2.75) is 32.6 Å². The van der Waals surface area contributed by atoms with E-state index in [1.807, 2.05) is 19.9 Å². The predicted octanol–water partition coefficient (Wildman–Crippen LogP) is 1.95. The van der Waals surface area contributed by atoms with Gasteiger partial charge in [-0.25, -0.2) is 17.8 Å². The molecule has 1 N–H and O–H groups in total. The molecule has 22 heavy (non-hydrogen) atoms. The molecule has 118 valence electrons. The molecule has 2 rings (SSSR count). The molecular formula is C15H19N3O3S. The molecule has 7 heteroatoms. The summed E-state index contributed by atoms with van der Waals surface area (Å²) in [7, 11) is -3.84. The molecule has 0 aliphatic heterocycles. The number of rotatable bonds is 4. The van der Waals surface area contributed by atoms with Crippen molar-refractivity contribution >= 4 is 15.9 Å². The number of sulfonamides is 1. The van der Waals surface area contributed by atoms with E-state index in [9.17, 15) is 13.2 Å². The largest absolute Gasteiger partial charge is 0.274 e. The number of nitrogens with one attached hydrogen (secondary N) is 1. The van der Waals surface area contributed by atoms with E-state index >= 15 is 0 Å². The Morgan fingerprint density at radius 1 is 1.18 bits per heavy atom. The van der Waals surface area contributed by atoms with E-state index in [-0.39, 0.29) is 4.90 Å². The summed E-state index contributed by atoms with van der Waals surface area (Å²) in [6.45, 7) is 7.09. The van der Waals surface area contributed by atoms with Crippen molar-refractivity contribution in [1.29, 1.82) is 0 Å². The third kappa shape index (κ3) is 3.36. The van der Waals surface area contributed by atoms with Gasteiger partial charge in [0.25, 0.3) is 10.0 Å². The molecule has 0 unspecified atom stereocenters. The fourth-order valence-electron chi connectivity index (χ4n) is 1.97. The normalized spacial score (nSPS) is 11.7. The quantitative estimate of drug-likeness (QED) is 0.933. The van der Waals surface area contributed by atoms with Crippen LogP contribution in [0.4, 0.5) is 0 Å². The Balaban J connectivity index is 2.29. The summed E-state index contributed by atoms with van der Waals surface area (Å²) in [6.07, 6.45) is 0. The fourth-order valence-corrected chi connectivity index (χ4v) is 3.08. The van der Waals surface area contributed by atoms with Crippen LogP contribution in [-0.2, 0) is 14.8 Å². The molecule has 1 heterocycles. The van der Waals surface area contributed by atoms with Gasteiger partial charge < -0.3 is 0 Å². The van der Waals surface area contributed by atoms with E-state index in [2.05, 4.69) is 9.82 Å². The molecule has 0 aliphatic carbocycles. The highest BCUT2D eigenvalue weighted by Crippen LogP contribution is 2.16. The van der Waals surface area contributed by atoms with E-state index in [1.54, 1.807) is 30.7 Å². The van der Waals surface area contributed by atoms with Crippen molar-refractivity contribution in [3.8, 4) is 5.69 Å². The number of aryl methyl sites for hydroxylation is 2. The molecule has 0 radical (unpaired) electrons. The summed E-state index contributed by atoms with van der Waals surface area (Å²) >= 11 is 0. The molecule has 0 aliphatic rings. The molecule has 0 fully saturated rings. The van der Waals surface area contributed by atoms with Crippen molar-refractivity contribution in [1.82, 2.24) is 14.5 Å². The van der Waals surface area contributed by atoms with Crippen LogP contribution in [0.5, 0.6) is 0 Å². The van der Waals surface area contributed by atoms with Crippen molar-refractivity contribution in [2.24, 2.45) is 5.92 Å². The van der Waals surface area contributed by atoms with Crippen molar-refractivity contribution in [3.63, 3.8) is 0 Å². The number of carbonyl (C=O) groups excluding carboxylic acids is 1. The second-order valence-corrected chi connectivity index (χ2v) is 7.14. The van der Waals surface area contributed by atoms with Gasteiger partial charge in [0.05, 0.1) is 16.3 Å². The standard InChI is InChI=1S/C15H19N3O3S/c1-10(2)15(19)17-22(20,21)14-7-5-13(6-8-14)18-12(4)9-11(3)16-18/h5-10H,1-4H3,(H,17,19). The highest BCUT2D eigenvalue weighted by molar-refractivity contribution is 7.90. The number of aromatic nitrogens is 2. The van der Waals surface area contributed by atoms with Gasteiger partial charge in [-0.15, -0.1) is 0 Å². The predicted molar refractivity (Wildman–Crippen MR) is 83.2 cm³/mol. The summed E-state index contributed by atoms with van der Waals surface area (Å²) in [5.74, 6) is -0.925. The first-order valence-electron chi connectivity index (χ1n) is 6.91. The maximum absolute atomic E-state index is 12.1. The van der Waals surface area contributed by atoms with Gasteiger partial charge in [0, 0.05) is 11.6 Å². The van der Waals surface area contributed by atoms with Crippen molar-refractivity contribution in [2.75, 3.05) is 0 Å². The maximum Gasteiger partial charge on any atom is 0.264 e. The SMILES string of the molecule is Cc1cc(C)n(-c2ccc(S(=O)(=O)NC(=O)C(C)C)cc2)n1. The molecule has 0 bridgehead atoms. The first kappa shape index (κ1) is 16.2. The minimum atomic E-state index is -3.84. The zero-order chi connectivity index (χ0) is 16.5. The van der Waals surface area contributed by atoms with Gasteiger partial charge in [0.1, 0.15) is 0 Å². The lowest BCUT2D eigenvalue weighted by Gasteiger charge is -2.10. The minimum absolute atomic E-state index is 0.0479. The smallest absolute Gasteiger partial charge is 0.264 e. The average molecular weight is 321 g/mol. The van der Waals surface area contributed by atoms with Crippen molar-refractivity contribution in [3.05, 3.63) is 41.7 Å². The van der Waals surface area contributed by atoms with Gasteiger partial charge in [0.15, 0.2) is 0 Å². The van der Waals surface area contributed by atoms with Gasteiger partial charge in [-0.05, 0) is 44.2 Å². The molecule has 1 amide bonds. The fraction of sp³-hybridized carbons (Fsp3) is 0.333. The van der Waals surface area contributed by atoms with Crippen molar-refractivity contribution < 1.29 is 13.2 Å². The lowest BCUT2D eigenvalue weighted by Crippen LogP contribution is -2.33. The number of hydrogen-bond donors (Lipinski definition) is 1. The zero-order valence-electron chi connectivity index (χ0n) is 13.0. The Hall–Kier alpha value is -2.15. The van der Waals surface area contributed by atoms with Gasteiger partial charge >= 0.3 is 0 Å². The molecule has 0 atom stereocenters. The summed E-state index contributed by atoms with van der Waals surface area (Å²) in [5, 5.41) is 4.34. The maximum atomic E-state index is 12.1. The molecule has 0 spiro atoms. The van der Waals surface area contributed by atoms with Crippen LogP contribution in [0.3, 0.4) is 0 Å². The molecule has 1 aromatic carbocycles. The van der Waals surface area contributed by atoms with Gasteiger partial charge in [-0.2, -0.15) is 5.10 Å². The first-order valence-corrected chi connectivity index (χ1v) is 8.39. The average Bonchev–Trinajstić information content (AvgIpc) is 2.77. The lowest BCUT2D eigenvalue weighted by molar-refractivity contribution is -0.122. The van der Waals surface area contributed by atoms with E-state index < -0.39 is 21.8 Å². The highest BCUT2D eigenvalue weighted by Gasteiger charge is 2.19. The number of benzene rings is 1. The Kier molecular flexibility index (Phi) is 4.37. The molecular weight excluding hydrogens is 302 g/mol. The Morgan fingerprint density at radius 3 is 2.23 bits per heavy atom. The second-order valence-electron chi connectivity index (χ2n) is 5.46. The van der Waals surface area contributed by atoms with Crippen LogP contribution in [0.15, 0.2) is 35.2 Å². The third-order valence-corrected chi connectivity index (χ3v) is 4.52. The summed E-state index contributed by atoms with van der Waals surface area (Å²) in [5.41, 5.74) is 2.61. The van der Waals surface area contributed by atoms with E-state index in [0.717, 1.165) is 17.1 Å². The van der Waals surface area contributed by atoms with Crippen LogP contribution in [0.25, 0.3) is 5.69 Å². The van der Waals surface area contributed by atoms with Crippen LogP contribution in [0.2, 0.25) is 0 Å². The first-order chi connectivity index (χ1) is 10.2. The Bertz CT molecular complexity index is 790. The topological polar surface area (TPSA) is 81.1 Å². The van der Waals surface area contributed by atoms with Crippen LogP contribution in [0, 0.1) is 19.8 Å². The zero-order valence-corrected chi connectivity index (χ0v) is 13.8. The summed E-state index contributed by atoms with van der Waals surface area (Å²) in [4.78, 5) is 11.6. The molecule has 2 aromatic rings. The van der Waals surface area contributed by atoms with Gasteiger partial charge in [-0.1, -0.05) is 13.8 Å². The second kappa shape index (κ2) is 5.92. The van der Waals surface area contributed by atoms with Crippen LogP contribution >= 0.6 is 0 Å². The lowest BCUT2D eigenvalue weighted by atomic mass is 10.2. The third-order valence-electron chi connectivity index (χ3n) is 3.16. The Labute approximate surface area is 130 Å². The van der Waals surface area contributed by atoms with Crippen LogP contribution in [-0.4, -0.2) is 24.1 Å². The van der Waals surface area contributed by atoms with E-state index in [0.29, 0.717) is 0 Å². The number of nitrogens with zero attached hydrogens (tertiary/aromatic N) is 2. The van der Waals surface area contributed by atoms with E-state index in [1.165, 1.54) is 12.1 Å². The number of hydrogen-bond acceptors (Lipinski definition) is 4. The number of amides is 1. The van der Waals surface area contributed by atoms with Gasteiger partial charge in [0.2, 0.25) is 5.91 Å². The number of carbonyl (C=O) groups is 1. The summed E-state index contributed by atoms with van der Waals surface area (Å²) in [6, 6.07) is 8.18. The molecule has 1 aromatic heterocycles. The molecule has 6 nitrogen and oxygen atoms in total. The van der Waals surface area contributed by atoms with Gasteiger partial charge in [-0.3, -0.25) is 4.79 Å². The Morgan fingerprint density at radius 2 is 1.77 bits per heavy atom. The van der Waals surface area contributed by atoms with Crippen LogP contribution in [0.1, 0.15) is 25.2 Å². The summed E-state index contributed by atoms with van der Waals surface area (Å²) < 4.78 is 28.0. The monoisotopic (exact) mass is 321 g/mol. The van der Waals surface area contributed by atoms with Crippen LogP contribution < -0.4 is 4.72 Å². The molecule has 0 saturated carbocycles.